The van der Waals surface area contributed by atoms with E-state index >= 15 is 0 Å². The Balaban J connectivity index is -0.0000000281. The van der Waals surface area contributed by atoms with Crippen LogP contribution < -0.4 is 60.2 Å². The van der Waals surface area contributed by atoms with Crippen molar-refractivity contribution in [3.63, 3.8) is 0 Å². The van der Waals surface area contributed by atoms with Crippen molar-refractivity contribution in [1.29, 1.82) is 0 Å². The molecule has 0 aromatic carbocycles. The first-order valence-electron chi connectivity index (χ1n) is 3.20. The summed E-state index contributed by atoms with van der Waals surface area (Å²) in [5, 5.41) is 53.6. The summed E-state index contributed by atoms with van der Waals surface area (Å²) in [4.78, 5) is 53.6. The van der Waals surface area contributed by atoms with Crippen molar-refractivity contribution in [2.75, 3.05) is 0 Å². The Labute approximate surface area is 183 Å². The molecule has 0 bridgehead atoms. The van der Waals surface area contributed by atoms with Crippen molar-refractivity contribution in [3.05, 3.63) is 0 Å². The van der Waals surface area contributed by atoms with Gasteiger partial charge in [-0.1, -0.05) is 0 Å². The number of carbonyl (C=O) groups excluding carboxylic acids is 6. The van der Waals surface area contributed by atoms with Gasteiger partial charge >= 0.3 is 84.7 Å². The summed E-state index contributed by atoms with van der Waals surface area (Å²) >= 11 is 0. The summed E-state index contributed by atoms with van der Waals surface area (Å²) < 4.78 is 0. The quantitative estimate of drug-likeness (QED) is 0.283. The standard InChI is InChI=1S/3C2H2O4.Al.Ca.Na.H2O/c3*3-1(4)2(5)6;;;;/h3*(H,3,4)(H,5,6);;;;1H2/q;;;+3;+2;+1;/p-6. The molecule has 0 spiro atoms. The van der Waals surface area contributed by atoms with E-state index in [0.29, 0.717) is 0 Å². The van der Waals surface area contributed by atoms with Gasteiger partial charge in [0, 0.05) is 0 Å². The second-order valence-corrected chi connectivity index (χ2v) is 1.72. The fourth-order valence-electron chi connectivity index (χ4n) is 0. The van der Waals surface area contributed by atoms with E-state index in [2.05, 4.69) is 0 Å². The van der Waals surface area contributed by atoms with Gasteiger partial charge in [0.05, 0.1) is 35.8 Å². The average Bonchev–Trinajstić information content (AvgIpc) is 2.18. The van der Waals surface area contributed by atoms with Crippen LogP contribution in [0.1, 0.15) is 0 Å². The Bertz CT molecular complexity index is 290. The van der Waals surface area contributed by atoms with E-state index < -0.39 is 35.8 Å². The van der Waals surface area contributed by atoms with E-state index in [0.717, 1.165) is 0 Å². The summed E-state index contributed by atoms with van der Waals surface area (Å²) in [6.45, 7) is 0. The SMILES string of the molecule is O.O=C([O-])C(=O)[O-].O=C([O-])C(=O)[O-].O=C([O-])C(=O)[O-].[Al+3].[Ca+2].[Na+]. The van der Waals surface area contributed by atoms with Gasteiger partial charge in [0.25, 0.3) is 0 Å². The molecule has 0 amide bonds. The van der Waals surface area contributed by atoms with Crippen molar-refractivity contribution < 1.29 is 94.4 Å². The van der Waals surface area contributed by atoms with E-state index in [4.69, 9.17) is 59.4 Å². The molecule has 110 valence electrons. The van der Waals surface area contributed by atoms with Crippen LogP contribution in [-0.4, -0.2) is 96.4 Å². The van der Waals surface area contributed by atoms with E-state index in [9.17, 15) is 0 Å². The smallest absolute Gasteiger partial charge is 0.543 e. The molecule has 0 unspecified atom stereocenters. The molecule has 0 saturated carbocycles. The van der Waals surface area contributed by atoms with Gasteiger partial charge in [0.15, 0.2) is 0 Å². The van der Waals surface area contributed by atoms with Gasteiger partial charge in [-0.3, -0.25) is 0 Å². The summed E-state index contributed by atoms with van der Waals surface area (Å²) in [7, 11) is 0. The van der Waals surface area contributed by atoms with Crippen molar-refractivity contribution >= 4 is 90.9 Å². The van der Waals surface area contributed by atoms with Gasteiger partial charge in [-0.2, -0.15) is 0 Å². The van der Waals surface area contributed by atoms with Crippen molar-refractivity contribution in [2.24, 2.45) is 0 Å². The number of hydrogen-bond donors (Lipinski definition) is 0. The Hall–Kier alpha value is -0.428. The van der Waals surface area contributed by atoms with Gasteiger partial charge in [0.2, 0.25) is 0 Å². The number of carboxylic acid groups (broad SMARTS) is 6. The summed E-state index contributed by atoms with van der Waals surface area (Å²) in [6.07, 6.45) is 0. The molecule has 0 heterocycles. The van der Waals surface area contributed by atoms with Crippen LogP contribution in [0.2, 0.25) is 0 Å². The fourth-order valence-corrected chi connectivity index (χ4v) is 0. The minimum absolute atomic E-state index is 0. The minimum Gasteiger partial charge on any atom is -0.543 e. The fraction of sp³-hybridized carbons (Fsp3) is 0. The zero-order chi connectivity index (χ0) is 15.5. The van der Waals surface area contributed by atoms with Crippen LogP contribution in [0.15, 0.2) is 0 Å². The van der Waals surface area contributed by atoms with Gasteiger partial charge < -0.3 is 64.9 Å². The number of aliphatic carboxylic acids is 6. The van der Waals surface area contributed by atoms with E-state index in [1.807, 2.05) is 0 Å². The Morgan fingerprint density at radius 1 is 0.455 bits per heavy atom. The van der Waals surface area contributed by atoms with Crippen LogP contribution in [0.4, 0.5) is 0 Å². The van der Waals surface area contributed by atoms with E-state index in [1.54, 1.807) is 0 Å². The molecule has 0 aliphatic rings. The normalized spacial score (nSPS) is 6.00. The van der Waals surface area contributed by atoms with Gasteiger partial charge in [-0.15, -0.1) is 0 Å². The Kier molecular flexibility index (Phi) is 49.9. The number of rotatable bonds is 0. The van der Waals surface area contributed by atoms with Crippen LogP contribution >= 0.6 is 0 Å². The van der Waals surface area contributed by atoms with Crippen LogP contribution in [0.5, 0.6) is 0 Å². The Morgan fingerprint density at radius 3 is 0.500 bits per heavy atom. The maximum absolute atomic E-state index is 8.93. The maximum Gasteiger partial charge on any atom is 3.00 e. The molecule has 0 aromatic heterocycles. The molecule has 2 N–H and O–H groups in total. The summed E-state index contributed by atoms with van der Waals surface area (Å²) in [5.74, 6) is -13.1. The molecule has 0 aliphatic heterocycles. The molecular weight excluding hydrogens is 370 g/mol. The molecule has 0 saturated heterocycles. The third-order valence-corrected chi connectivity index (χ3v) is 0.500. The molecule has 0 atom stereocenters. The van der Waals surface area contributed by atoms with Gasteiger partial charge in [0.1, 0.15) is 0 Å². The van der Waals surface area contributed by atoms with Gasteiger partial charge in [-0.25, -0.2) is 0 Å². The molecule has 0 aliphatic carbocycles. The number of hydrogen-bond acceptors (Lipinski definition) is 12. The first kappa shape index (κ1) is 43.0. The van der Waals surface area contributed by atoms with E-state index in [-0.39, 0.29) is 90.1 Å². The molecule has 22 heavy (non-hydrogen) atoms. The van der Waals surface area contributed by atoms with Crippen LogP contribution in [0, 0.1) is 0 Å². The second kappa shape index (κ2) is 25.5. The minimum atomic E-state index is -2.19. The zero-order valence-corrected chi connectivity index (χ0v) is 16.0. The van der Waals surface area contributed by atoms with Crippen LogP contribution in [-0.2, 0) is 28.8 Å². The summed E-state index contributed by atoms with van der Waals surface area (Å²) in [6, 6.07) is 0. The maximum atomic E-state index is 8.93. The molecule has 0 fully saturated rings. The van der Waals surface area contributed by atoms with Crippen molar-refractivity contribution in [2.45, 2.75) is 0 Å². The predicted octanol–water partition coefficient (Wildman–Crippen LogP) is -15.1. The molecule has 16 heteroatoms. The zero-order valence-electron chi connectivity index (χ0n) is 10.7. The second-order valence-electron chi connectivity index (χ2n) is 1.72. The van der Waals surface area contributed by atoms with Gasteiger partial charge in [-0.05, 0) is 0 Å². The molecule has 0 rings (SSSR count). The monoisotopic (exact) mass is 372 g/mol. The summed E-state index contributed by atoms with van der Waals surface area (Å²) in [5.41, 5.74) is 0. The third-order valence-electron chi connectivity index (χ3n) is 0.500. The number of carbonyl (C=O) groups is 6. The number of carboxylic acids is 6. The largest absolute Gasteiger partial charge is 3.00 e. The average molecular weight is 372 g/mol. The predicted molar refractivity (Wildman–Crippen MR) is 45.2 cm³/mol. The third kappa shape index (κ3) is 50.4. The van der Waals surface area contributed by atoms with Crippen LogP contribution in [0.3, 0.4) is 0 Å². The molecule has 0 aromatic rings. The van der Waals surface area contributed by atoms with E-state index in [1.165, 1.54) is 0 Å². The molecule has 13 nitrogen and oxygen atoms in total. The first-order valence-corrected chi connectivity index (χ1v) is 3.20. The molecular formula is C6H2AlCaNaO13. The van der Waals surface area contributed by atoms with Crippen molar-refractivity contribution in [1.82, 2.24) is 0 Å². The Morgan fingerprint density at radius 2 is 0.500 bits per heavy atom. The topological polar surface area (TPSA) is 272 Å². The first-order chi connectivity index (χ1) is 7.93. The molecule has 0 radical (unpaired) electrons. The van der Waals surface area contributed by atoms with Crippen molar-refractivity contribution in [3.8, 4) is 0 Å². The van der Waals surface area contributed by atoms with Crippen LogP contribution in [0.25, 0.3) is 0 Å².